The van der Waals surface area contributed by atoms with Gasteiger partial charge in [-0.05, 0) is 133 Å². The summed E-state index contributed by atoms with van der Waals surface area (Å²) in [4.78, 5) is 131. The summed E-state index contributed by atoms with van der Waals surface area (Å²) in [7, 11) is 7.47. The van der Waals surface area contributed by atoms with Crippen molar-refractivity contribution in [1.82, 2.24) is 30.2 Å². The molecular formula is C60H88N6O15. The number of ketones is 1. The van der Waals surface area contributed by atoms with E-state index in [9.17, 15) is 43.2 Å². The van der Waals surface area contributed by atoms with Gasteiger partial charge in [-0.25, -0.2) is 9.59 Å². The van der Waals surface area contributed by atoms with Gasteiger partial charge in [0.25, 0.3) is 11.8 Å². The van der Waals surface area contributed by atoms with Crippen molar-refractivity contribution >= 4 is 53.2 Å². The summed E-state index contributed by atoms with van der Waals surface area (Å²) < 4.78 is 34.8. The molecule has 81 heavy (non-hydrogen) atoms. The summed E-state index contributed by atoms with van der Waals surface area (Å²) in [6.07, 6.45) is 4.36. The van der Waals surface area contributed by atoms with E-state index < -0.39 is 114 Å². The summed E-state index contributed by atoms with van der Waals surface area (Å²) in [6.45, 7) is 14.5. The largest absolute Gasteiger partial charge is 0.493 e. The minimum absolute atomic E-state index is 0.0462. The number of hydrogen-bond acceptors (Lipinski definition) is 15. The van der Waals surface area contributed by atoms with E-state index in [4.69, 9.17) is 28.4 Å². The molecule has 2 heterocycles. The van der Waals surface area contributed by atoms with Gasteiger partial charge in [-0.3, -0.25) is 33.6 Å². The quantitative estimate of drug-likeness (QED) is 0.211. The molecule has 0 aromatic heterocycles. The highest BCUT2D eigenvalue weighted by atomic mass is 16.5. The van der Waals surface area contributed by atoms with Gasteiger partial charge >= 0.3 is 11.9 Å². The summed E-state index contributed by atoms with van der Waals surface area (Å²) in [5, 5.41) is 5.65. The number of cyclic esters (lactones) is 2. The molecule has 1 saturated heterocycles. The van der Waals surface area contributed by atoms with Gasteiger partial charge in [0, 0.05) is 40.3 Å². The molecule has 4 rings (SSSR count). The van der Waals surface area contributed by atoms with Crippen molar-refractivity contribution in [2.24, 2.45) is 17.3 Å². The molecule has 448 valence electrons. The Balaban J connectivity index is 1.71. The molecule has 2 N–H and O–H groups in total. The Labute approximate surface area is 478 Å². The number of esters is 2. The van der Waals surface area contributed by atoms with Crippen LogP contribution in [0.15, 0.2) is 54.6 Å². The van der Waals surface area contributed by atoms with Crippen molar-refractivity contribution in [1.29, 1.82) is 0 Å². The lowest BCUT2D eigenvalue weighted by Crippen LogP contribution is -2.59. The van der Waals surface area contributed by atoms with Gasteiger partial charge in [0.05, 0.1) is 38.4 Å². The van der Waals surface area contributed by atoms with E-state index in [0.717, 1.165) is 10.5 Å². The van der Waals surface area contributed by atoms with Crippen LogP contribution in [-0.4, -0.2) is 177 Å². The van der Waals surface area contributed by atoms with Crippen LogP contribution in [0.5, 0.6) is 17.2 Å². The molecule has 21 nitrogen and oxygen atoms in total. The Kier molecular flexibility index (Phi) is 25.2. The van der Waals surface area contributed by atoms with Crippen LogP contribution in [0.3, 0.4) is 0 Å². The van der Waals surface area contributed by atoms with Gasteiger partial charge in [0.2, 0.25) is 29.4 Å². The van der Waals surface area contributed by atoms with E-state index in [1.807, 2.05) is 39.8 Å². The fourth-order valence-corrected chi connectivity index (χ4v) is 9.22. The zero-order valence-electron chi connectivity index (χ0n) is 50.0. The fourth-order valence-electron chi connectivity index (χ4n) is 9.22. The zero-order chi connectivity index (χ0) is 60.4. The number of likely N-dealkylation sites (N-methyl/N-ethyl adjacent to an activating group) is 3. The first-order valence-corrected chi connectivity index (χ1v) is 27.9. The summed E-state index contributed by atoms with van der Waals surface area (Å²) in [5.74, 6) is -5.05. The molecule has 0 saturated carbocycles. The standard InChI is InChI=1S/C60H88N6O15/c1-38(2)30-43-55(72)63(10)28-17-16-23-52(69)79-37-60(8,9)53(70)57(74)66-29-18-15-22-45(66)58(75)81-47(26-24-40-25-27-48(76-13)49(32-40)77-14)41-20-19-21-42(33-41)78-36-51(68)64(11)34-50(67)61-44(31-39(3)4)56(73)65(12)46(54(71)62-43)35-80-59(5,6)7/h16,19-21,23,25,27,32-33,38-39,43-47H,15,17-18,22,24,26,28-31,34-37H2,1-14H3,(H,61,67)(H,62,71)/b23-16-/t43-,44+,45-,46-,47+/m0/s1. The van der Waals surface area contributed by atoms with Gasteiger partial charge in [0.1, 0.15) is 42.6 Å². The van der Waals surface area contributed by atoms with Crippen molar-refractivity contribution < 1.29 is 71.6 Å². The molecule has 2 bridgehead atoms. The minimum Gasteiger partial charge on any atom is -0.493 e. The third-order valence-corrected chi connectivity index (χ3v) is 13.9. The summed E-state index contributed by atoms with van der Waals surface area (Å²) in [6, 6.07) is 7.61. The van der Waals surface area contributed by atoms with Crippen LogP contribution in [0.25, 0.3) is 0 Å². The van der Waals surface area contributed by atoms with Gasteiger partial charge in [-0.2, -0.15) is 0 Å². The van der Waals surface area contributed by atoms with Gasteiger partial charge in [0.15, 0.2) is 18.1 Å². The van der Waals surface area contributed by atoms with E-state index in [1.165, 1.54) is 69.0 Å². The van der Waals surface area contributed by atoms with Crippen molar-refractivity contribution in [3.63, 3.8) is 0 Å². The number of rotatable bonds is 11. The van der Waals surface area contributed by atoms with E-state index >= 15 is 0 Å². The normalized spacial score (nSPS) is 23.0. The van der Waals surface area contributed by atoms with Gasteiger partial charge < -0.3 is 58.7 Å². The van der Waals surface area contributed by atoms with Crippen LogP contribution < -0.4 is 24.8 Å². The van der Waals surface area contributed by atoms with Crippen molar-refractivity contribution in [3.8, 4) is 17.2 Å². The zero-order valence-corrected chi connectivity index (χ0v) is 50.0. The highest BCUT2D eigenvalue weighted by Crippen LogP contribution is 2.33. The van der Waals surface area contributed by atoms with E-state index in [-0.39, 0.29) is 69.4 Å². The molecular weight excluding hydrogens is 1040 g/mol. The predicted molar refractivity (Wildman–Crippen MR) is 302 cm³/mol. The molecule has 2 aliphatic heterocycles. The van der Waals surface area contributed by atoms with Gasteiger partial charge in [-0.1, -0.05) is 52.0 Å². The van der Waals surface area contributed by atoms with Crippen molar-refractivity contribution in [3.05, 3.63) is 65.7 Å². The monoisotopic (exact) mass is 1130 g/mol. The topological polar surface area (TPSA) is 246 Å². The molecule has 2 aromatic rings. The Bertz CT molecular complexity index is 2560. The number of carbonyl (C=O) groups excluding carboxylic acids is 9. The minimum atomic E-state index is -1.49. The number of fused-ring (bicyclic) bond motifs is 3. The molecule has 6 amide bonds. The molecule has 0 radical (unpaired) electrons. The van der Waals surface area contributed by atoms with Crippen LogP contribution in [0, 0.1) is 17.3 Å². The molecule has 0 aliphatic carbocycles. The van der Waals surface area contributed by atoms with Crippen LogP contribution in [-0.2, 0) is 63.8 Å². The molecule has 2 aliphatic rings. The average Bonchev–Trinajstić information content (AvgIpc) is 3.43. The van der Waals surface area contributed by atoms with Crippen LogP contribution in [0.4, 0.5) is 0 Å². The molecule has 0 spiro atoms. The van der Waals surface area contributed by atoms with Crippen LogP contribution >= 0.6 is 0 Å². The molecule has 1 fully saturated rings. The summed E-state index contributed by atoms with van der Waals surface area (Å²) >= 11 is 0. The number of amides is 6. The fraction of sp³-hybridized carbons (Fsp3) is 0.617. The maximum absolute atomic E-state index is 14.5. The first kappa shape index (κ1) is 66.5. The van der Waals surface area contributed by atoms with E-state index in [1.54, 1.807) is 58.2 Å². The number of benzene rings is 2. The van der Waals surface area contributed by atoms with Crippen LogP contribution in [0.2, 0.25) is 0 Å². The Morgan fingerprint density at radius 1 is 0.778 bits per heavy atom. The first-order chi connectivity index (χ1) is 38.0. The number of ether oxygens (including phenoxy) is 6. The molecule has 2 aromatic carbocycles. The summed E-state index contributed by atoms with van der Waals surface area (Å²) in [5.41, 5.74) is -0.878. The maximum atomic E-state index is 14.5. The lowest BCUT2D eigenvalue weighted by Gasteiger charge is -2.36. The smallest absolute Gasteiger partial charge is 0.330 e. The number of hydrogen-bond donors (Lipinski definition) is 2. The second-order valence-electron chi connectivity index (χ2n) is 23.4. The van der Waals surface area contributed by atoms with E-state index in [2.05, 4.69) is 10.6 Å². The van der Waals surface area contributed by atoms with Crippen LogP contribution in [0.1, 0.15) is 124 Å². The number of Topliss-reactive ketones (excluding diaryl/α,β-unsaturated/α-hetero) is 1. The maximum Gasteiger partial charge on any atom is 0.330 e. The lowest BCUT2D eigenvalue weighted by molar-refractivity contribution is -0.165. The molecule has 5 atom stereocenters. The van der Waals surface area contributed by atoms with Crippen molar-refractivity contribution in [2.45, 2.75) is 150 Å². The highest BCUT2D eigenvalue weighted by molar-refractivity contribution is 6.38. The van der Waals surface area contributed by atoms with E-state index in [0.29, 0.717) is 36.3 Å². The Morgan fingerprint density at radius 3 is 2.09 bits per heavy atom. The lowest BCUT2D eigenvalue weighted by atomic mass is 9.87. The Morgan fingerprint density at radius 2 is 1.44 bits per heavy atom. The number of nitrogens with zero attached hydrogens (tertiary/aromatic N) is 4. The van der Waals surface area contributed by atoms with Gasteiger partial charge in [-0.15, -0.1) is 0 Å². The number of carbonyl (C=O) groups is 9. The third-order valence-electron chi connectivity index (χ3n) is 13.9. The number of piperidine rings is 1. The first-order valence-electron chi connectivity index (χ1n) is 27.9. The number of aryl methyl sites for hydroxylation is 1. The molecule has 0 unspecified atom stereocenters. The molecule has 21 heteroatoms. The second kappa shape index (κ2) is 30.7. The SMILES string of the molecule is COc1ccc(CC[C@H]2OC(=O)[C@@H]3CCCCN3C(=O)C(=O)C(C)(C)COC(=O)/C=C\CCN(C)C(=O)[C@H](CC(C)C)NC(=O)[C@H](COC(C)(C)C)N(C)C(=O)[C@@H](CC(C)C)NC(=O)CN(C)C(=O)COc3cccc2c3)cc1OC. The average molecular weight is 1130 g/mol. The number of methoxy groups -OCH3 is 2. The highest BCUT2D eigenvalue weighted by Gasteiger charge is 2.43. The predicted octanol–water partition coefficient (Wildman–Crippen LogP) is 5.40. The third kappa shape index (κ3) is 20.5. The number of nitrogens with one attached hydrogen (secondary N) is 2. The Hall–Kier alpha value is -7.03. The van der Waals surface area contributed by atoms with Crippen molar-refractivity contribution in [2.75, 3.05) is 74.8 Å². The second-order valence-corrected chi connectivity index (χ2v) is 23.4.